The van der Waals surface area contributed by atoms with Gasteiger partial charge in [0.15, 0.2) is 0 Å². The normalized spacial score (nSPS) is 20.2. The predicted octanol–water partition coefficient (Wildman–Crippen LogP) is 2.19. The van der Waals surface area contributed by atoms with Crippen molar-refractivity contribution in [3.8, 4) is 5.75 Å². The monoisotopic (exact) mass is 283 g/mol. The summed E-state index contributed by atoms with van der Waals surface area (Å²) in [5.74, 6) is 1.02. The summed E-state index contributed by atoms with van der Waals surface area (Å²) < 4.78 is 5.15. The molecule has 0 saturated carbocycles. The van der Waals surface area contributed by atoms with E-state index in [1.54, 1.807) is 7.11 Å². The molecular formula is C12H14BrNO2. The van der Waals surface area contributed by atoms with Gasteiger partial charge in [-0.05, 0) is 24.1 Å². The van der Waals surface area contributed by atoms with Gasteiger partial charge in [-0.3, -0.25) is 4.79 Å². The Labute approximate surface area is 104 Å². The van der Waals surface area contributed by atoms with Crippen LogP contribution in [-0.4, -0.2) is 29.3 Å². The third kappa shape index (κ3) is 2.38. The summed E-state index contributed by atoms with van der Waals surface area (Å²) in [7, 11) is 1.65. The standard InChI is InChI=1S/C12H14BrNO2/c1-16-10-4-2-3-9(7-10)8-14-6-5-11(13)12(14)15/h2-4,7,11H,5-6,8H2,1H3. The first-order valence-corrected chi connectivity index (χ1v) is 6.18. The molecule has 1 aliphatic heterocycles. The van der Waals surface area contributed by atoms with Crippen LogP contribution in [0.4, 0.5) is 0 Å². The van der Waals surface area contributed by atoms with Gasteiger partial charge in [-0.1, -0.05) is 28.1 Å². The third-order valence-electron chi connectivity index (χ3n) is 2.74. The highest BCUT2D eigenvalue weighted by molar-refractivity contribution is 9.10. The molecule has 1 atom stereocenters. The Morgan fingerprint density at radius 2 is 2.38 bits per heavy atom. The van der Waals surface area contributed by atoms with E-state index in [0.717, 1.165) is 24.3 Å². The number of hydrogen-bond donors (Lipinski definition) is 0. The summed E-state index contributed by atoms with van der Waals surface area (Å²) in [5, 5.41) is 0. The second-order valence-corrected chi connectivity index (χ2v) is 4.97. The van der Waals surface area contributed by atoms with Crippen LogP contribution < -0.4 is 4.74 Å². The van der Waals surface area contributed by atoms with Crippen molar-refractivity contribution in [3.05, 3.63) is 29.8 Å². The molecule has 0 aliphatic carbocycles. The molecule has 1 amide bonds. The summed E-state index contributed by atoms with van der Waals surface area (Å²) in [5.41, 5.74) is 1.11. The maximum absolute atomic E-state index is 11.7. The van der Waals surface area contributed by atoms with Crippen molar-refractivity contribution < 1.29 is 9.53 Å². The molecule has 16 heavy (non-hydrogen) atoms. The lowest BCUT2D eigenvalue weighted by atomic mass is 10.2. The van der Waals surface area contributed by atoms with Crippen molar-refractivity contribution >= 4 is 21.8 Å². The number of benzene rings is 1. The Balaban J connectivity index is 2.06. The highest BCUT2D eigenvalue weighted by Crippen LogP contribution is 2.21. The zero-order valence-electron chi connectivity index (χ0n) is 9.15. The Hall–Kier alpha value is -1.03. The molecule has 0 spiro atoms. The molecule has 3 nitrogen and oxygen atoms in total. The van der Waals surface area contributed by atoms with Gasteiger partial charge < -0.3 is 9.64 Å². The summed E-state index contributed by atoms with van der Waals surface area (Å²) in [4.78, 5) is 13.6. The van der Waals surface area contributed by atoms with E-state index in [4.69, 9.17) is 4.74 Å². The van der Waals surface area contributed by atoms with Crippen LogP contribution in [0.5, 0.6) is 5.75 Å². The average Bonchev–Trinajstić information content (AvgIpc) is 2.61. The van der Waals surface area contributed by atoms with Gasteiger partial charge in [-0.2, -0.15) is 0 Å². The van der Waals surface area contributed by atoms with Gasteiger partial charge in [-0.15, -0.1) is 0 Å². The largest absolute Gasteiger partial charge is 0.497 e. The van der Waals surface area contributed by atoms with Crippen LogP contribution in [0.25, 0.3) is 0 Å². The number of nitrogens with zero attached hydrogens (tertiary/aromatic N) is 1. The van der Waals surface area contributed by atoms with E-state index in [2.05, 4.69) is 15.9 Å². The van der Waals surface area contributed by atoms with Crippen LogP contribution in [0.2, 0.25) is 0 Å². The van der Waals surface area contributed by atoms with E-state index in [9.17, 15) is 4.79 Å². The summed E-state index contributed by atoms with van der Waals surface area (Å²) >= 11 is 3.37. The van der Waals surface area contributed by atoms with Crippen molar-refractivity contribution in [1.82, 2.24) is 4.90 Å². The van der Waals surface area contributed by atoms with Crippen LogP contribution in [0, 0.1) is 0 Å². The number of hydrogen-bond acceptors (Lipinski definition) is 2. The van der Waals surface area contributed by atoms with E-state index in [-0.39, 0.29) is 10.7 Å². The zero-order valence-corrected chi connectivity index (χ0v) is 10.7. The van der Waals surface area contributed by atoms with E-state index >= 15 is 0 Å². The van der Waals surface area contributed by atoms with E-state index in [0.29, 0.717) is 6.54 Å². The highest BCUT2D eigenvalue weighted by Gasteiger charge is 2.29. The number of carbonyl (C=O) groups excluding carboxylic acids is 1. The van der Waals surface area contributed by atoms with Crippen molar-refractivity contribution in [2.24, 2.45) is 0 Å². The lowest BCUT2D eigenvalue weighted by Gasteiger charge is -2.16. The Bertz CT molecular complexity index is 394. The Morgan fingerprint density at radius 3 is 3.00 bits per heavy atom. The van der Waals surface area contributed by atoms with Gasteiger partial charge in [-0.25, -0.2) is 0 Å². The van der Waals surface area contributed by atoms with E-state index in [1.165, 1.54) is 0 Å². The molecule has 1 aliphatic rings. The minimum atomic E-state index is -0.00175. The maximum Gasteiger partial charge on any atom is 0.236 e. The quantitative estimate of drug-likeness (QED) is 0.796. The van der Waals surface area contributed by atoms with Crippen LogP contribution in [-0.2, 0) is 11.3 Å². The minimum absolute atomic E-state index is 0.00175. The Morgan fingerprint density at radius 1 is 1.56 bits per heavy atom. The first kappa shape index (κ1) is 11.5. The van der Waals surface area contributed by atoms with Crippen molar-refractivity contribution in [2.45, 2.75) is 17.8 Å². The third-order valence-corrected chi connectivity index (χ3v) is 3.59. The number of alkyl halides is 1. The first-order chi connectivity index (χ1) is 7.70. The summed E-state index contributed by atoms with van der Waals surface area (Å²) in [6.07, 6.45) is 0.892. The number of ether oxygens (including phenoxy) is 1. The van der Waals surface area contributed by atoms with Crippen LogP contribution >= 0.6 is 15.9 Å². The van der Waals surface area contributed by atoms with Crippen LogP contribution in [0.1, 0.15) is 12.0 Å². The zero-order chi connectivity index (χ0) is 11.5. The molecule has 1 saturated heterocycles. The van der Waals surface area contributed by atoms with Crippen LogP contribution in [0.15, 0.2) is 24.3 Å². The minimum Gasteiger partial charge on any atom is -0.497 e. The number of amides is 1. The summed E-state index contributed by atoms with van der Waals surface area (Å²) in [6.45, 7) is 1.49. The van der Waals surface area contributed by atoms with Crippen LogP contribution in [0.3, 0.4) is 0 Å². The summed E-state index contributed by atoms with van der Waals surface area (Å²) in [6, 6.07) is 7.83. The van der Waals surface area contributed by atoms with Gasteiger partial charge in [0.1, 0.15) is 5.75 Å². The second kappa shape index (κ2) is 4.87. The maximum atomic E-state index is 11.7. The molecule has 1 aromatic carbocycles. The lowest BCUT2D eigenvalue weighted by molar-refractivity contribution is -0.127. The highest BCUT2D eigenvalue weighted by atomic mass is 79.9. The fourth-order valence-electron chi connectivity index (χ4n) is 1.85. The van der Waals surface area contributed by atoms with E-state index < -0.39 is 0 Å². The van der Waals surface area contributed by atoms with Gasteiger partial charge in [0.25, 0.3) is 0 Å². The SMILES string of the molecule is COc1cccc(CN2CCC(Br)C2=O)c1. The van der Waals surface area contributed by atoms with Gasteiger partial charge in [0, 0.05) is 13.1 Å². The predicted molar refractivity (Wildman–Crippen MR) is 65.7 cm³/mol. The lowest BCUT2D eigenvalue weighted by Crippen LogP contribution is -2.26. The van der Waals surface area contributed by atoms with Gasteiger partial charge in [0.05, 0.1) is 11.9 Å². The molecule has 0 bridgehead atoms. The molecule has 1 unspecified atom stereocenters. The van der Waals surface area contributed by atoms with Crippen molar-refractivity contribution in [3.63, 3.8) is 0 Å². The van der Waals surface area contributed by atoms with Gasteiger partial charge in [0.2, 0.25) is 5.91 Å². The Kier molecular flexibility index (Phi) is 3.49. The number of carbonyl (C=O) groups is 1. The topological polar surface area (TPSA) is 29.5 Å². The molecule has 86 valence electrons. The molecule has 4 heteroatoms. The number of halogens is 1. The molecular weight excluding hydrogens is 270 g/mol. The molecule has 1 fully saturated rings. The number of methoxy groups -OCH3 is 1. The molecule has 0 radical (unpaired) electrons. The molecule has 1 heterocycles. The second-order valence-electron chi connectivity index (χ2n) is 3.87. The molecule has 1 aromatic rings. The molecule has 0 aromatic heterocycles. The van der Waals surface area contributed by atoms with Crippen molar-refractivity contribution in [1.29, 1.82) is 0 Å². The fourth-order valence-corrected chi connectivity index (χ4v) is 2.34. The number of rotatable bonds is 3. The fraction of sp³-hybridized carbons (Fsp3) is 0.417. The first-order valence-electron chi connectivity index (χ1n) is 5.26. The van der Waals surface area contributed by atoms with Crippen molar-refractivity contribution in [2.75, 3.05) is 13.7 Å². The van der Waals surface area contributed by atoms with E-state index in [1.807, 2.05) is 29.2 Å². The average molecular weight is 284 g/mol. The molecule has 0 N–H and O–H groups in total. The molecule has 2 rings (SSSR count). The number of likely N-dealkylation sites (tertiary alicyclic amines) is 1. The van der Waals surface area contributed by atoms with Gasteiger partial charge >= 0.3 is 0 Å². The smallest absolute Gasteiger partial charge is 0.236 e.